The summed E-state index contributed by atoms with van der Waals surface area (Å²) in [5, 5.41) is 12.2. The number of aliphatic imine (C=N–C) groups is 1. The molecule has 3 atom stereocenters. The van der Waals surface area contributed by atoms with E-state index in [9.17, 15) is 32.4 Å². The molecule has 0 saturated heterocycles. The first kappa shape index (κ1) is 69.0. The number of carbonyl (C=O) groups is 5. The van der Waals surface area contributed by atoms with Gasteiger partial charge in [-0.25, -0.2) is 22.7 Å². The van der Waals surface area contributed by atoms with Crippen molar-refractivity contribution in [2.75, 3.05) is 26.3 Å². The molecule has 0 aliphatic carbocycles. The van der Waals surface area contributed by atoms with Gasteiger partial charge in [0.05, 0.1) is 17.5 Å². The second-order valence-corrected chi connectivity index (χ2v) is 26.7. The number of rotatable bonds is 30. The van der Waals surface area contributed by atoms with Crippen LogP contribution in [-0.2, 0) is 51.7 Å². The topological polar surface area (TPSA) is 252 Å². The molecule has 6 aromatic rings. The second-order valence-electron chi connectivity index (χ2n) is 25.1. The van der Waals surface area contributed by atoms with Crippen molar-refractivity contribution >= 4 is 67.2 Å². The average molecular weight is 1250 g/mol. The minimum absolute atomic E-state index is 0.0105. The molecule has 7 rings (SSSR count). The molecule has 1 aliphatic rings. The summed E-state index contributed by atoms with van der Waals surface area (Å²) in [7, 11) is -4.24. The average Bonchev–Trinajstić information content (AvgIpc) is 0.799. The third kappa shape index (κ3) is 19.0. The molecule has 0 radical (unpaired) electrons. The van der Waals surface area contributed by atoms with Gasteiger partial charge >= 0.3 is 12.1 Å². The number of sulfonamides is 1. The van der Waals surface area contributed by atoms with Gasteiger partial charge < -0.3 is 45.4 Å². The minimum atomic E-state index is -4.24. The van der Waals surface area contributed by atoms with Crippen LogP contribution in [0.1, 0.15) is 134 Å². The van der Waals surface area contributed by atoms with Gasteiger partial charge in [-0.15, -0.1) is 6.58 Å². The summed E-state index contributed by atoms with van der Waals surface area (Å²) in [6.45, 7) is 22.8. The Balaban J connectivity index is 1.14. The van der Waals surface area contributed by atoms with E-state index in [1.165, 1.54) is 6.08 Å². The number of alkyl carbamates (subject to hydrolysis) is 1. The number of esters is 1. The van der Waals surface area contributed by atoms with Crippen LogP contribution in [0.2, 0.25) is 0 Å². The molecule has 19 heteroatoms. The van der Waals surface area contributed by atoms with Crippen molar-refractivity contribution in [2.24, 2.45) is 22.6 Å². The molecule has 0 aromatic heterocycles. The molecule has 18 nitrogen and oxygen atoms in total. The number of nitrogens with zero attached hydrogens (tertiary/aromatic N) is 1. The third-order valence-corrected chi connectivity index (χ3v) is 17.5. The Morgan fingerprint density at radius 1 is 0.767 bits per heavy atom. The number of hydrogen-bond acceptors (Lipinski definition) is 13. The highest BCUT2D eigenvalue weighted by Crippen LogP contribution is 2.46. The van der Waals surface area contributed by atoms with Crippen molar-refractivity contribution in [2.45, 2.75) is 168 Å². The summed E-state index contributed by atoms with van der Waals surface area (Å²) in [5.74, 6) is -1.77. The fraction of sp³-hybridized carbons (Fsp3) is 0.437. The minimum Gasteiger partial charge on any atom is -0.493 e. The number of amides is 3. The molecule has 482 valence electrons. The largest absolute Gasteiger partial charge is 0.493 e. The number of ketones is 1. The van der Waals surface area contributed by atoms with E-state index in [1.54, 1.807) is 46.8 Å². The quantitative estimate of drug-likeness (QED) is 0.00926. The zero-order valence-electron chi connectivity index (χ0n) is 53.8. The summed E-state index contributed by atoms with van der Waals surface area (Å²) in [5.41, 5.74) is 10.1. The lowest BCUT2D eigenvalue weighted by Gasteiger charge is -2.35. The maximum atomic E-state index is 14.9. The van der Waals surface area contributed by atoms with E-state index in [-0.39, 0.29) is 56.2 Å². The highest BCUT2D eigenvalue weighted by atomic mass is 32.2. The van der Waals surface area contributed by atoms with Crippen LogP contribution in [0.3, 0.4) is 0 Å². The second kappa shape index (κ2) is 31.3. The van der Waals surface area contributed by atoms with Crippen molar-refractivity contribution in [3.05, 3.63) is 144 Å². The fourth-order valence-corrected chi connectivity index (χ4v) is 12.6. The molecule has 0 fully saturated rings. The van der Waals surface area contributed by atoms with Crippen LogP contribution in [0.5, 0.6) is 17.2 Å². The van der Waals surface area contributed by atoms with Gasteiger partial charge in [0.2, 0.25) is 11.9 Å². The molecular weight excluding hydrogens is 1160 g/mol. The molecule has 6 N–H and O–H groups in total. The number of ether oxygens (including phenoxy) is 5. The highest BCUT2D eigenvalue weighted by molar-refractivity contribution is 7.90. The number of fused-ring (bicyclic) bond motifs is 3. The summed E-state index contributed by atoms with van der Waals surface area (Å²) < 4.78 is 61.1. The first-order chi connectivity index (χ1) is 42.7. The van der Waals surface area contributed by atoms with Crippen molar-refractivity contribution < 1.29 is 56.1 Å². The predicted octanol–water partition coefficient (Wildman–Crippen LogP) is 12.1. The number of unbranched alkanes of at least 4 members (excludes halogenated alkanes) is 1. The first-order valence-corrected chi connectivity index (χ1v) is 32.6. The zero-order chi connectivity index (χ0) is 65.3. The number of carbonyl (C=O) groups excluding carboxylic acids is 5. The van der Waals surface area contributed by atoms with Gasteiger partial charge in [-0.2, -0.15) is 0 Å². The standard InChI is InChI=1S/C71H90N6O12S/c1-12-23-57(67(81)87-43-49-24-14-13-15-25-49)76-66(80)52(28-22-40-73-68(72)77-90(83,84)65-47(5)46(4)64-53(48(65)6)36-38-71(10,11)88-64)42-58(78)56(31-20-21-39-74-69(82)89-70(7,8)9)75-61(79)44-86-60-35-33-51-27-17-19-30-55(51)63(60)62-54-29-18-16-26-50(54)32-34-59(62)85-41-37-45(2)3/h12-19,24-27,29-30,32-35,45,52,56-57H,1,20-23,28,31,36-44H2,2-11H3,(H,74,82)(H,75,79)(H,76,80)(H3,72,73,77)/t52-,56+,57-/m0/s1. The molecule has 0 unspecified atom stereocenters. The molecule has 90 heavy (non-hydrogen) atoms. The van der Waals surface area contributed by atoms with Gasteiger partial charge in [0.25, 0.3) is 15.9 Å². The normalized spacial score (nSPS) is 14.1. The SMILES string of the molecule is C=CC[C@H](NC(=O)[C@@H](CCCN=C(N)NS(=O)(=O)c1c(C)c(C)c2c(c1C)CCC(C)(C)O2)CC(=O)[C@@H](CCCCNC(=O)OC(C)(C)C)NC(=O)COc1ccc2ccccc2c1-c1c(OCCC(C)C)ccc2ccccc12)C(=O)OCc1ccccc1. The van der Waals surface area contributed by atoms with Crippen LogP contribution >= 0.6 is 0 Å². The predicted molar refractivity (Wildman–Crippen MR) is 353 cm³/mol. The third-order valence-electron chi connectivity index (χ3n) is 15.9. The Bertz CT molecular complexity index is 3690. The maximum absolute atomic E-state index is 14.9. The van der Waals surface area contributed by atoms with Crippen molar-refractivity contribution in [3.8, 4) is 28.4 Å². The summed E-state index contributed by atoms with van der Waals surface area (Å²) in [6, 6.07) is 30.4. The molecule has 0 saturated carbocycles. The van der Waals surface area contributed by atoms with Gasteiger partial charge in [0.15, 0.2) is 12.4 Å². The smallest absolute Gasteiger partial charge is 0.407 e. The summed E-state index contributed by atoms with van der Waals surface area (Å²) in [6.07, 6.45) is 3.69. The number of nitrogens with two attached hydrogens (primary N) is 1. The van der Waals surface area contributed by atoms with Crippen LogP contribution < -0.4 is 40.6 Å². The van der Waals surface area contributed by atoms with Gasteiger partial charge in [-0.3, -0.25) is 19.4 Å². The van der Waals surface area contributed by atoms with Crippen LogP contribution in [0.25, 0.3) is 32.7 Å². The molecule has 0 spiro atoms. The number of benzene rings is 6. The van der Waals surface area contributed by atoms with Gasteiger partial charge in [-0.05, 0) is 181 Å². The highest BCUT2D eigenvalue weighted by Gasteiger charge is 2.35. The zero-order valence-corrected chi connectivity index (χ0v) is 54.7. The van der Waals surface area contributed by atoms with Crippen LogP contribution in [0.4, 0.5) is 4.79 Å². The monoisotopic (exact) mass is 1250 g/mol. The van der Waals surface area contributed by atoms with Gasteiger partial charge in [-0.1, -0.05) is 111 Å². The Hall–Kier alpha value is -8.45. The maximum Gasteiger partial charge on any atom is 0.407 e. The first-order valence-electron chi connectivity index (χ1n) is 31.1. The molecule has 3 amide bonds. The Kier molecular flexibility index (Phi) is 24.0. The van der Waals surface area contributed by atoms with Crippen LogP contribution in [-0.4, -0.2) is 93.6 Å². The Labute approximate surface area is 530 Å². The number of guanidine groups is 1. The van der Waals surface area contributed by atoms with Crippen molar-refractivity contribution in [1.82, 2.24) is 20.7 Å². The Morgan fingerprint density at radius 2 is 1.40 bits per heavy atom. The van der Waals surface area contributed by atoms with E-state index >= 15 is 0 Å². The van der Waals surface area contributed by atoms with Gasteiger partial charge in [0, 0.05) is 36.6 Å². The fourth-order valence-electron chi connectivity index (χ4n) is 11.1. The summed E-state index contributed by atoms with van der Waals surface area (Å²) >= 11 is 0. The van der Waals surface area contributed by atoms with E-state index in [4.69, 9.17) is 29.4 Å². The van der Waals surface area contributed by atoms with Crippen molar-refractivity contribution in [1.29, 1.82) is 0 Å². The molecular formula is C71H90N6O12S. The van der Waals surface area contributed by atoms with Gasteiger partial charge in [0.1, 0.15) is 41.1 Å². The van der Waals surface area contributed by atoms with E-state index in [0.717, 1.165) is 50.2 Å². The van der Waals surface area contributed by atoms with E-state index in [2.05, 4.69) is 46.1 Å². The van der Waals surface area contributed by atoms with E-state index in [1.807, 2.05) is 112 Å². The van der Waals surface area contributed by atoms with Crippen LogP contribution in [0, 0.1) is 32.6 Å². The lowest BCUT2D eigenvalue weighted by atomic mass is 9.88. The molecule has 1 aliphatic heterocycles. The number of Topliss-reactive ketones (excluding diaryl/α,β-unsaturated/α-hetero) is 1. The van der Waals surface area contributed by atoms with Crippen LogP contribution in [0.15, 0.2) is 126 Å². The number of hydrogen-bond donors (Lipinski definition) is 5. The van der Waals surface area contributed by atoms with E-state index in [0.29, 0.717) is 72.1 Å². The molecule has 6 aromatic carbocycles. The van der Waals surface area contributed by atoms with E-state index < -0.39 is 81.9 Å². The summed E-state index contributed by atoms with van der Waals surface area (Å²) in [4.78, 5) is 74.6. The Morgan fingerprint density at radius 3 is 2.03 bits per heavy atom. The molecule has 1 heterocycles. The van der Waals surface area contributed by atoms with Crippen molar-refractivity contribution in [3.63, 3.8) is 0 Å². The lowest BCUT2D eigenvalue weighted by molar-refractivity contribution is -0.149. The lowest BCUT2D eigenvalue weighted by Crippen LogP contribution is -2.47. The molecule has 0 bridgehead atoms. The number of nitrogens with one attached hydrogen (secondary N) is 4.